The molecular weight excluding hydrogens is 392 g/mol. The smallest absolute Gasteiger partial charge is 0.247 e. The number of unbranched alkanes of at least 4 members (excludes halogenated alkanes) is 1. The summed E-state index contributed by atoms with van der Waals surface area (Å²) in [6, 6.07) is 6.67. The Morgan fingerprint density at radius 1 is 1.17 bits per heavy atom. The van der Waals surface area contributed by atoms with Crippen LogP contribution in [0.1, 0.15) is 103 Å². The van der Waals surface area contributed by atoms with E-state index in [0.717, 1.165) is 43.0 Å². The molecule has 0 radical (unpaired) electrons. The summed E-state index contributed by atoms with van der Waals surface area (Å²) < 4.78 is 6.13. The maximum Gasteiger partial charge on any atom is 0.247 e. The molecule has 1 fully saturated rings. The first-order valence-corrected chi connectivity index (χ1v) is 12.6. The van der Waals surface area contributed by atoms with Crippen LogP contribution >= 0.6 is 11.8 Å². The van der Waals surface area contributed by atoms with Gasteiger partial charge in [-0.3, -0.25) is 4.79 Å². The molecule has 1 N–H and O–H groups in total. The van der Waals surface area contributed by atoms with E-state index in [-0.39, 0.29) is 17.3 Å². The molecule has 3 atom stereocenters. The molecule has 1 aliphatic heterocycles. The summed E-state index contributed by atoms with van der Waals surface area (Å²) in [4.78, 5) is 18.2. The third kappa shape index (κ3) is 5.60. The molecule has 3 rings (SSSR count). The number of nitrogens with zero attached hydrogens (tertiary/aromatic N) is 1. The summed E-state index contributed by atoms with van der Waals surface area (Å²) in [5, 5.41) is 3.87. The van der Waals surface area contributed by atoms with Crippen molar-refractivity contribution in [3.05, 3.63) is 29.3 Å². The number of hydrogen-bond donors (Lipinski definition) is 1. The summed E-state index contributed by atoms with van der Waals surface area (Å²) in [6.45, 7) is 10.9. The van der Waals surface area contributed by atoms with E-state index in [2.05, 4.69) is 58.1 Å². The van der Waals surface area contributed by atoms with Gasteiger partial charge in [-0.05, 0) is 48.6 Å². The Hall–Kier alpha value is -1.49. The molecule has 1 aromatic rings. The average Bonchev–Trinajstić information content (AvgIpc) is 3.13. The van der Waals surface area contributed by atoms with Gasteiger partial charge in [-0.2, -0.15) is 0 Å². The number of rotatable bonds is 8. The average molecular weight is 431 g/mol. The SMILES string of the molecule is CCCCC(SC1=N[C@@H]2CCCC[C@@H]2O1)C(=O)Nc1c(C(C)C)cccc1C(C)C. The standard InChI is InChI=1S/C25H38N2O2S/c1-6-7-15-22(30-25-26-20-13-8-9-14-21(20)29-25)24(28)27-23-18(16(2)3)11-10-12-19(23)17(4)5/h10-12,16-17,20-22H,6-9,13-15H2,1-5H3,(H,27,28)/t20-,21+,22?/m1/s1. The zero-order chi connectivity index (χ0) is 21.7. The highest BCUT2D eigenvalue weighted by Gasteiger charge is 2.35. The van der Waals surface area contributed by atoms with Gasteiger partial charge in [0.2, 0.25) is 11.1 Å². The predicted octanol–water partition coefficient (Wildman–Crippen LogP) is 6.86. The van der Waals surface area contributed by atoms with Gasteiger partial charge < -0.3 is 10.1 Å². The number of para-hydroxylation sites is 1. The van der Waals surface area contributed by atoms with Gasteiger partial charge in [0.15, 0.2) is 0 Å². The molecule has 5 heteroatoms. The number of hydrogen-bond acceptors (Lipinski definition) is 4. The Kier molecular flexibility index (Phi) is 8.27. The molecule has 0 saturated heterocycles. The van der Waals surface area contributed by atoms with E-state index in [1.807, 2.05) is 0 Å². The quantitative estimate of drug-likeness (QED) is 0.490. The van der Waals surface area contributed by atoms with Gasteiger partial charge in [0.05, 0.1) is 11.3 Å². The summed E-state index contributed by atoms with van der Waals surface area (Å²) >= 11 is 1.53. The van der Waals surface area contributed by atoms with Crippen molar-refractivity contribution < 1.29 is 9.53 Å². The Morgan fingerprint density at radius 3 is 2.43 bits per heavy atom. The Morgan fingerprint density at radius 2 is 1.83 bits per heavy atom. The fraction of sp³-hybridized carbons (Fsp3) is 0.680. The molecule has 4 nitrogen and oxygen atoms in total. The van der Waals surface area contributed by atoms with Crippen LogP contribution in [0.25, 0.3) is 0 Å². The van der Waals surface area contributed by atoms with Crippen LogP contribution in [-0.4, -0.2) is 28.5 Å². The van der Waals surface area contributed by atoms with E-state index < -0.39 is 0 Å². The Balaban J connectivity index is 1.78. The van der Waals surface area contributed by atoms with Gasteiger partial charge in [0.1, 0.15) is 6.10 Å². The normalized spacial score (nSPS) is 21.9. The van der Waals surface area contributed by atoms with Crippen LogP contribution in [0.2, 0.25) is 0 Å². The molecule has 1 amide bonds. The predicted molar refractivity (Wildman–Crippen MR) is 129 cm³/mol. The van der Waals surface area contributed by atoms with E-state index in [0.29, 0.717) is 17.9 Å². The summed E-state index contributed by atoms with van der Waals surface area (Å²) in [7, 11) is 0. The van der Waals surface area contributed by atoms with Crippen LogP contribution in [0.5, 0.6) is 0 Å². The van der Waals surface area contributed by atoms with E-state index >= 15 is 0 Å². The Bertz CT molecular complexity index is 733. The molecule has 1 aromatic carbocycles. The molecule has 0 bridgehead atoms. The minimum atomic E-state index is -0.177. The summed E-state index contributed by atoms with van der Waals surface area (Å²) in [6.07, 6.45) is 7.81. The van der Waals surface area contributed by atoms with Gasteiger partial charge >= 0.3 is 0 Å². The molecule has 1 unspecified atom stereocenters. The van der Waals surface area contributed by atoms with Crippen molar-refractivity contribution in [3.8, 4) is 0 Å². The lowest BCUT2D eigenvalue weighted by atomic mass is 9.92. The molecule has 1 saturated carbocycles. The van der Waals surface area contributed by atoms with Crippen molar-refractivity contribution in [2.45, 2.75) is 109 Å². The van der Waals surface area contributed by atoms with Crippen LogP contribution in [0.3, 0.4) is 0 Å². The minimum Gasteiger partial charge on any atom is -0.467 e. The summed E-state index contributed by atoms with van der Waals surface area (Å²) in [5.74, 6) is 0.780. The number of benzene rings is 1. The number of anilines is 1. The van der Waals surface area contributed by atoms with Crippen LogP contribution in [-0.2, 0) is 9.53 Å². The monoisotopic (exact) mass is 430 g/mol. The maximum absolute atomic E-state index is 13.4. The van der Waals surface area contributed by atoms with Crippen molar-refractivity contribution in [2.75, 3.05) is 5.32 Å². The van der Waals surface area contributed by atoms with Crippen molar-refractivity contribution in [3.63, 3.8) is 0 Å². The van der Waals surface area contributed by atoms with Gasteiger partial charge in [0.25, 0.3) is 0 Å². The van der Waals surface area contributed by atoms with Crippen molar-refractivity contribution in [1.82, 2.24) is 0 Å². The summed E-state index contributed by atoms with van der Waals surface area (Å²) in [5.41, 5.74) is 3.40. The van der Waals surface area contributed by atoms with Crippen molar-refractivity contribution >= 4 is 28.6 Å². The molecule has 0 aromatic heterocycles. The number of carbonyl (C=O) groups is 1. The van der Waals surface area contributed by atoms with Crippen molar-refractivity contribution in [1.29, 1.82) is 0 Å². The second kappa shape index (κ2) is 10.7. The number of thioether (sulfide) groups is 1. The largest absolute Gasteiger partial charge is 0.467 e. The molecule has 1 heterocycles. The molecule has 1 aliphatic carbocycles. The first-order valence-electron chi connectivity index (χ1n) is 11.8. The molecule has 30 heavy (non-hydrogen) atoms. The van der Waals surface area contributed by atoms with Crippen LogP contribution in [0.4, 0.5) is 5.69 Å². The second-order valence-electron chi connectivity index (χ2n) is 9.26. The number of amides is 1. The molecule has 0 spiro atoms. The van der Waals surface area contributed by atoms with E-state index in [4.69, 9.17) is 9.73 Å². The lowest BCUT2D eigenvalue weighted by Crippen LogP contribution is -2.28. The fourth-order valence-electron chi connectivity index (χ4n) is 4.37. The number of ether oxygens (including phenoxy) is 1. The van der Waals surface area contributed by atoms with Crippen molar-refractivity contribution in [2.24, 2.45) is 4.99 Å². The number of carbonyl (C=O) groups excluding carboxylic acids is 1. The Labute approximate surface area is 186 Å². The minimum absolute atomic E-state index is 0.0737. The van der Waals surface area contributed by atoms with Gasteiger partial charge in [0, 0.05) is 5.69 Å². The first-order chi connectivity index (χ1) is 14.4. The third-order valence-corrected chi connectivity index (χ3v) is 7.31. The maximum atomic E-state index is 13.4. The second-order valence-corrected chi connectivity index (χ2v) is 10.4. The molecule has 166 valence electrons. The third-order valence-electron chi connectivity index (χ3n) is 6.17. The lowest BCUT2D eigenvalue weighted by Gasteiger charge is -2.23. The van der Waals surface area contributed by atoms with E-state index in [1.54, 1.807) is 0 Å². The number of fused-ring (bicyclic) bond motifs is 1. The number of nitrogens with one attached hydrogen (secondary N) is 1. The highest BCUT2D eigenvalue weighted by Crippen LogP contribution is 2.36. The number of aliphatic imine (C=N–C) groups is 1. The van der Waals surface area contributed by atoms with Gasteiger partial charge in [-0.25, -0.2) is 4.99 Å². The zero-order valence-corrected chi connectivity index (χ0v) is 20.1. The zero-order valence-electron chi connectivity index (χ0n) is 19.2. The first kappa shape index (κ1) is 23.2. The topological polar surface area (TPSA) is 50.7 Å². The van der Waals surface area contributed by atoms with Crippen LogP contribution in [0, 0.1) is 0 Å². The van der Waals surface area contributed by atoms with Gasteiger partial charge in [-0.15, -0.1) is 0 Å². The highest BCUT2D eigenvalue weighted by molar-refractivity contribution is 8.14. The van der Waals surface area contributed by atoms with Gasteiger partial charge in [-0.1, -0.05) is 83.8 Å². The molecule has 2 aliphatic rings. The van der Waals surface area contributed by atoms with Crippen LogP contribution in [0.15, 0.2) is 23.2 Å². The molecular formula is C25H38N2O2S. The van der Waals surface area contributed by atoms with Crippen LogP contribution < -0.4 is 5.32 Å². The fourth-order valence-corrected chi connectivity index (χ4v) is 5.44. The lowest BCUT2D eigenvalue weighted by molar-refractivity contribution is -0.115. The highest BCUT2D eigenvalue weighted by atomic mass is 32.2. The van der Waals surface area contributed by atoms with E-state index in [1.165, 1.54) is 35.7 Å². The van der Waals surface area contributed by atoms with E-state index in [9.17, 15) is 4.79 Å².